The quantitative estimate of drug-likeness (QED) is 0.782. The van der Waals surface area contributed by atoms with Crippen LogP contribution in [0.2, 0.25) is 0 Å². The van der Waals surface area contributed by atoms with Crippen LogP contribution in [0.5, 0.6) is 0 Å². The van der Waals surface area contributed by atoms with Gasteiger partial charge in [-0.25, -0.2) is 8.42 Å². The summed E-state index contributed by atoms with van der Waals surface area (Å²) in [5.41, 5.74) is 1.53. The summed E-state index contributed by atoms with van der Waals surface area (Å²) in [4.78, 5) is 12.2. The number of benzene rings is 2. The number of sulfonamides is 1. The first kappa shape index (κ1) is 16.7. The topological polar surface area (TPSA) is 63.7 Å². The minimum absolute atomic E-state index is 0.0108. The van der Waals surface area contributed by atoms with Gasteiger partial charge in [-0.2, -0.15) is 4.31 Å². The molecule has 0 N–H and O–H groups in total. The molecule has 0 unspecified atom stereocenters. The van der Waals surface area contributed by atoms with Crippen molar-refractivity contribution in [3.63, 3.8) is 0 Å². The molecule has 0 saturated carbocycles. The lowest BCUT2D eigenvalue weighted by Gasteiger charge is -2.23. The number of fused-ring (bicyclic) bond motifs is 1. The van der Waals surface area contributed by atoms with E-state index in [9.17, 15) is 13.2 Å². The first-order valence-electron chi connectivity index (χ1n) is 7.84. The Morgan fingerprint density at radius 2 is 1.75 bits per heavy atom. The van der Waals surface area contributed by atoms with Crippen LogP contribution >= 0.6 is 0 Å². The molecule has 2 aromatic carbocycles. The molecule has 1 heterocycles. The molecule has 24 heavy (non-hydrogen) atoms. The molecule has 6 heteroatoms. The van der Waals surface area contributed by atoms with Gasteiger partial charge in [0, 0.05) is 6.54 Å². The summed E-state index contributed by atoms with van der Waals surface area (Å²) in [6.45, 7) is 2.24. The van der Waals surface area contributed by atoms with Gasteiger partial charge in [0.05, 0.1) is 24.0 Å². The Balaban J connectivity index is 1.99. The van der Waals surface area contributed by atoms with Gasteiger partial charge in [0.2, 0.25) is 10.0 Å². The van der Waals surface area contributed by atoms with Crippen molar-refractivity contribution in [3.8, 4) is 0 Å². The Labute approximate surface area is 141 Å². The predicted octanol–water partition coefficient (Wildman–Crippen LogP) is 2.89. The second-order valence-electron chi connectivity index (χ2n) is 5.60. The molecule has 0 saturated heterocycles. The van der Waals surface area contributed by atoms with Crippen molar-refractivity contribution in [3.05, 3.63) is 65.7 Å². The first-order valence-corrected chi connectivity index (χ1v) is 9.28. The van der Waals surface area contributed by atoms with Gasteiger partial charge in [-0.15, -0.1) is 0 Å². The highest BCUT2D eigenvalue weighted by Crippen LogP contribution is 2.42. The number of ether oxygens (including phenoxy) is 1. The number of nitrogens with zero attached hydrogens (tertiary/aromatic N) is 1. The van der Waals surface area contributed by atoms with Crippen LogP contribution in [0.1, 0.15) is 30.5 Å². The Hall–Kier alpha value is -2.18. The molecule has 3 rings (SSSR count). The highest BCUT2D eigenvalue weighted by atomic mass is 32.2. The van der Waals surface area contributed by atoms with E-state index in [1.165, 1.54) is 4.31 Å². The Morgan fingerprint density at radius 3 is 2.46 bits per heavy atom. The molecule has 0 spiro atoms. The summed E-state index contributed by atoms with van der Waals surface area (Å²) in [5, 5.41) is 0. The zero-order chi connectivity index (χ0) is 17.2. The molecule has 0 amide bonds. The second kappa shape index (κ2) is 6.75. The predicted molar refractivity (Wildman–Crippen MR) is 89.6 cm³/mol. The van der Waals surface area contributed by atoms with Gasteiger partial charge in [-0.05, 0) is 24.1 Å². The summed E-state index contributed by atoms with van der Waals surface area (Å²) in [5.74, 6) is -0.396. The van der Waals surface area contributed by atoms with Crippen LogP contribution in [-0.2, 0) is 26.1 Å². The van der Waals surface area contributed by atoms with Crippen LogP contribution in [0.4, 0.5) is 0 Å². The molecule has 0 radical (unpaired) electrons. The number of carbonyl (C=O) groups excluding carboxylic acids is 1. The van der Waals surface area contributed by atoms with Crippen molar-refractivity contribution < 1.29 is 17.9 Å². The highest BCUT2D eigenvalue weighted by molar-refractivity contribution is 7.89. The normalized spacial score (nSPS) is 19.0. The third-order valence-electron chi connectivity index (χ3n) is 4.06. The van der Waals surface area contributed by atoms with Crippen LogP contribution < -0.4 is 0 Å². The summed E-state index contributed by atoms with van der Waals surface area (Å²) < 4.78 is 32.2. The van der Waals surface area contributed by atoms with Gasteiger partial charge in [0.25, 0.3) is 0 Å². The van der Waals surface area contributed by atoms with Crippen LogP contribution in [0.15, 0.2) is 59.5 Å². The van der Waals surface area contributed by atoms with Crippen molar-refractivity contribution in [1.82, 2.24) is 4.31 Å². The molecule has 0 bridgehead atoms. The van der Waals surface area contributed by atoms with E-state index in [1.54, 1.807) is 31.2 Å². The standard InChI is InChI=1S/C18H19NO4S/c1-2-23-18(20)12-16-15-10-6-7-11-17(15)24(21,22)19(16)13-14-8-4-3-5-9-14/h3-11,16H,2,12-13H2,1H3/t16-/m0/s1. The number of hydrogen-bond acceptors (Lipinski definition) is 4. The van der Waals surface area contributed by atoms with Crippen molar-refractivity contribution >= 4 is 16.0 Å². The highest BCUT2D eigenvalue weighted by Gasteiger charge is 2.43. The second-order valence-corrected chi connectivity index (χ2v) is 7.46. The molecule has 1 aliphatic heterocycles. The van der Waals surface area contributed by atoms with Crippen LogP contribution in [0.3, 0.4) is 0 Å². The summed E-state index contributed by atoms with van der Waals surface area (Å²) in [7, 11) is -3.63. The molecule has 0 aromatic heterocycles. The zero-order valence-electron chi connectivity index (χ0n) is 13.4. The minimum Gasteiger partial charge on any atom is -0.466 e. The summed E-state index contributed by atoms with van der Waals surface area (Å²) >= 11 is 0. The van der Waals surface area contributed by atoms with Gasteiger partial charge in [-0.1, -0.05) is 48.5 Å². The van der Waals surface area contributed by atoms with E-state index in [1.807, 2.05) is 30.3 Å². The average Bonchev–Trinajstić information content (AvgIpc) is 2.78. The Bertz CT molecular complexity index is 833. The summed E-state index contributed by atoms with van der Waals surface area (Å²) in [6, 6.07) is 15.7. The maximum atomic E-state index is 12.9. The average molecular weight is 345 g/mol. The summed E-state index contributed by atoms with van der Waals surface area (Å²) in [6.07, 6.45) is 0.0108. The van der Waals surface area contributed by atoms with Crippen LogP contribution in [0.25, 0.3) is 0 Å². The van der Waals surface area contributed by atoms with E-state index < -0.39 is 22.0 Å². The fraction of sp³-hybridized carbons (Fsp3) is 0.278. The van der Waals surface area contributed by atoms with E-state index in [0.717, 1.165) is 5.56 Å². The molecule has 0 fully saturated rings. The van der Waals surface area contributed by atoms with E-state index in [4.69, 9.17) is 4.74 Å². The van der Waals surface area contributed by atoms with Crippen molar-refractivity contribution in [2.45, 2.75) is 30.8 Å². The first-order chi connectivity index (χ1) is 11.5. The zero-order valence-corrected chi connectivity index (χ0v) is 14.2. The lowest BCUT2D eigenvalue weighted by Crippen LogP contribution is -2.29. The van der Waals surface area contributed by atoms with Gasteiger partial charge in [0.1, 0.15) is 0 Å². The number of carbonyl (C=O) groups is 1. The third kappa shape index (κ3) is 3.07. The lowest BCUT2D eigenvalue weighted by atomic mass is 10.0. The van der Waals surface area contributed by atoms with Gasteiger partial charge in [-0.3, -0.25) is 4.79 Å². The van der Waals surface area contributed by atoms with Gasteiger partial charge >= 0.3 is 5.97 Å². The monoisotopic (exact) mass is 345 g/mol. The van der Waals surface area contributed by atoms with Crippen LogP contribution in [0, 0.1) is 0 Å². The Morgan fingerprint density at radius 1 is 1.08 bits per heavy atom. The van der Waals surface area contributed by atoms with Crippen molar-refractivity contribution in [2.75, 3.05) is 6.61 Å². The molecular weight excluding hydrogens is 326 g/mol. The third-order valence-corrected chi connectivity index (χ3v) is 5.99. The maximum Gasteiger partial charge on any atom is 0.307 e. The SMILES string of the molecule is CCOC(=O)C[C@H]1c2ccccc2S(=O)(=O)N1Cc1ccccc1. The molecule has 126 valence electrons. The van der Waals surface area contributed by atoms with Gasteiger partial charge in [0.15, 0.2) is 0 Å². The number of hydrogen-bond donors (Lipinski definition) is 0. The van der Waals surface area contributed by atoms with E-state index >= 15 is 0 Å². The number of rotatable bonds is 5. The fourth-order valence-electron chi connectivity index (χ4n) is 2.99. The molecule has 5 nitrogen and oxygen atoms in total. The lowest BCUT2D eigenvalue weighted by molar-refractivity contribution is -0.144. The number of esters is 1. The fourth-order valence-corrected chi connectivity index (χ4v) is 4.84. The van der Waals surface area contributed by atoms with Crippen molar-refractivity contribution in [2.24, 2.45) is 0 Å². The molecular formula is C18H19NO4S. The van der Waals surface area contributed by atoms with E-state index in [-0.39, 0.29) is 24.5 Å². The largest absolute Gasteiger partial charge is 0.466 e. The molecule has 1 aliphatic rings. The Kier molecular flexibility index (Phi) is 4.69. The van der Waals surface area contributed by atoms with E-state index in [2.05, 4.69) is 0 Å². The van der Waals surface area contributed by atoms with Gasteiger partial charge < -0.3 is 4.74 Å². The molecule has 0 aliphatic carbocycles. The van der Waals surface area contributed by atoms with E-state index in [0.29, 0.717) is 5.56 Å². The van der Waals surface area contributed by atoms with Crippen molar-refractivity contribution in [1.29, 1.82) is 0 Å². The molecule has 1 atom stereocenters. The minimum atomic E-state index is -3.63. The van der Waals surface area contributed by atoms with Crippen LogP contribution in [-0.4, -0.2) is 25.3 Å². The smallest absolute Gasteiger partial charge is 0.307 e. The molecule has 2 aromatic rings. The maximum absolute atomic E-state index is 12.9.